The Balaban J connectivity index is 1.92. The first-order valence-electron chi connectivity index (χ1n) is 10.2. The standard InChI is InChI=1S/C25H20Cl2N2O4/c1-2-32-25(31)33-23-22(21-19(27)13-18(26)14-20(21)28-23)29(15-16-9-5-3-6-10-16)24(30)17-11-7-4-8-12-17/h3-14,28H,2,15H2,1H3. The molecule has 0 bridgehead atoms. The van der Waals surface area contributed by atoms with Crippen LogP contribution in [0.5, 0.6) is 5.88 Å². The number of fused-ring (bicyclic) bond motifs is 1. The highest BCUT2D eigenvalue weighted by Crippen LogP contribution is 2.43. The zero-order valence-electron chi connectivity index (χ0n) is 17.7. The van der Waals surface area contributed by atoms with Gasteiger partial charge in [0.05, 0.1) is 23.7 Å². The van der Waals surface area contributed by atoms with Gasteiger partial charge in [0.1, 0.15) is 5.69 Å². The summed E-state index contributed by atoms with van der Waals surface area (Å²) in [4.78, 5) is 30.4. The third-order valence-corrected chi connectivity index (χ3v) is 5.44. The van der Waals surface area contributed by atoms with Crippen LogP contribution >= 0.6 is 23.2 Å². The van der Waals surface area contributed by atoms with Crippen molar-refractivity contribution >= 4 is 51.9 Å². The number of nitrogens with one attached hydrogen (secondary N) is 1. The number of carbonyl (C=O) groups is 2. The lowest BCUT2D eigenvalue weighted by molar-refractivity contribution is 0.0970. The highest BCUT2D eigenvalue weighted by molar-refractivity contribution is 6.40. The van der Waals surface area contributed by atoms with Crippen molar-refractivity contribution in [3.05, 3.63) is 94.0 Å². The van der Waals surface area contributed by atoms with E-state index in [1.807, 2.05) is 36.4 Å². The minimum atomic E-state index is -0.903. The summed E-state index contributed by atoms with van der Waals surface area (Å²) in [5.41, 5.74) is 2.18. The number of aromatic amines is 1. The largest absolute Gasteiger partial charge is 0.515 e. The Bertz CT molecular complexity index is 1290. The lowest BCUT2D eigenvalue weighted by Crippen LogP contribution is -2.31. The fraction of sp³-hybridized carbons (Fsp3) is 0.120. The van der Waals surface area contributed by atoms with Gasteiger partial charge in [-0.15, -0.1) is 0 Å². The van der Waals surface area contributed by atoms with E-state index in [1.165, 1.54) is 4.90 Å². The SMILES string of the molecule is CCOC(=O)Oc1[nH]c2cc(Cl)cc(Cl)c2c1N(Cc1ccccc1)C(=O)c1ccccc1. The number of carbonyl (C=O) groups excluding carboxylic acids is 2. The number of anilines is 1. The average Bonchev–Trinajstić information content (AvgIpc) is 3.16. The highest BCUT2D eigenvalue weighted by atomic mass is 35.5. The van der Waals surface area contributed by atoms with Crippen LogP contribution in [-0.2, 0) is 11.3 Å². The lowest BCUT2D eigenvalue weighted by Gasteiger charge is -2.24. The summed E-state index contributed by atoms with van der Waals surface area (Å²) in [6.07, 6.45) is -0.903. The van der Waals surface area contributed by atoms with Crippen molar-refractivity contribution in [2.75, 3.05) is 11.5 Å². The molecule has 4 rings (SSSR count). The minimum Gasteiger partial charge on any atom is -0.434 e. The average molecular weight is 483 g/mol. The zero-order valence-corrected chi connectivity index (χ0v) is 19.2. The van der Waals surface area contributed by atoms with Crippen molar-refractivity contribution in [3.8, 4) is 5.88 Å². The number of halogens is 2. The molecule has 4 aromatic rings. The topological polar surface area (TPSA) is 71.6 Å². The van der Waals surface area contributed by atoms with Gasteiger partial charge in [-0.3, -0.25) is 9.69 Å². The summed E-state index contributed by atoms with van der Waals surface area (Å²) in [6, 6.07) is 21.6. The van der Waals surface area contributed by atoms with E-state index in [0.717, 1.165) is 5.56 Å². The van der Waals surface area contributed by atoms with Crippen LogP contribution in [0.1, 0.15) is 22.8 Å². The van der Waals surface area contributed by atoms with Crippen molar-refractivity contribution in [2.24, 2.45) is 0 Å². The summed E-state index contributed by atoms with van der Waals surface area (Å²) in [5, 5.41) is 1.20. The molecule has 0 aliphatic rings. The molecule has 8 heteroatoms. The summed E-state index contributed by atoms with van der Waals surface area (Å²) in [7, 11) is 0. The third-order valence-electron chi connectivity index (χ3n) is 4.92. The molecule has 0 fully saturated rings. The molecule has 1 aromatic heterocycles. The van der Waals surface area contributed by atoms with Gasteiger partial charge in [-0.25, -0.2) is 4.79 Å². The number of aromatic nitrogens is 1. The van der Waals surface area contributed by atoms with Gasteiger partial charge in [0.25, 0.3) is 5.91 Å². The Hall–Kier alpha value is -3.48. The summed E-state index contributed by atoms with van der Waals surface area (Å²) < 4.78 is 10.4. The molecule has 0 atom stereocenters. The predicted octanol–water partition coefficient (Wildman–Crippen LogP) is 6.86. The van der Waals surface area contributed by atoms with Crippen LogP contribution in [0, 0.1) is 0 Å². The quantitative estimate of drug-likeness (QED) is 0.304. The van der Waals surface area contributed by atoms with Gasteiger partial charge in [0, 0.05) is 16.0 Å². The maximum atomic E-state index is 13.7. The van der Waals surface area contributed by atoms with Gasteiger partial charge in [-0.2, -0.15) is 0 Å². The van der Waals surface area contributed by atoms with E-state index in [0.29, 0.717) is 32.2 Å². The second kappa shape index (κ2) is 9.98. The number of ether oxygens (including phenoxy) is 2. The number of rotatable bonds is 6. The van der Waals surface area contributed by atoms with E-state index in [1.54, 1.807) is 43.3 Å². The Kier molecular flexibility index (Phi) is 6.87. The second-order valence-electron chi connectivity index (χ2n) is 7.14. The monoisotopic (exact) mass is 482 g/mol. The zero-order chi connectivity index (χ0) is 23.4. The summed E-state index contributed by atoms with van der Waals surface area (Å²) >= 11 is 12.8. The Morgan fingerprint density at radius 2 is 1.64 bits per heavy atom. The van der Waals surface area contributed by atoms with Crippen LogP contribution < -0.4 is 9.64 Å². The molecule has 0 saturated heterocycles. The van der Waals surface area contributed by atoms with Crippen LogP contribution in [-0.4, -0.2) is 23.7 Å². The summed E-state index contributed by atoms with van der Waals surface area (Å²) in [6.45, 7) is 2.02. The van der Waals surface area contributed by atoms with E-state index in [-0.39, 0.29) is 24.9 Å². The fourth-order valence-electron chi connectivity index (χ4n) is 3.52. The number of nitrogens with zero attached hydrogens (tertiary/aromatic N) is 1. The summed E-state index contributed by atoms with van der Waals surface area (Å²) in [5.74, 6) is -0.257. The first-order chi connectivity index (χ1) is 16.0. The number of hydrogen-bond acceptors (Lipinski definition) is 4. The predicted molar refractivity (Wildman–Crippen MR) is 129 cm³/mol. The van der Waals surface area contributed by atoms with Gasteiger partial charge in [0.2, 0.25) is 5.88 Å². The number of benzene rings is 3. The second-order valence-corrected chi connectivity index (χ2v) is 7.98. The van der Waals surface area contributed by atoms with Crippen molar-refractivity contribution in [3.63, 3.8) is 0 Å². The van der Waals surface area contributed by atoms with Crippen LogP contribution in [0.2, 0.25) is 10.0 Å². The lowest BCUT2D eigenvalue weighted by atomic mass is 10.1. The normalized spacial score (nSPS) is 10.8. The third kappa shape index (κ3) is 4.97. The molecular formula is C25H20Cl2N2O4. The van der Waals surface area contributed by atoms with Crippen molar-refractivity contribution in [2.45, 2.75) is 13.5 Å². The molecule has 1 amide bonds. The molecule has 6 nitrogen and oxygen atoms in total. The van der Waals surface area contributed by atoms with Crippen LogP contribution in [0.3, 0.4) is 0 Å². The van der Waals surface area contributed by atoms with Crippen molar-refractivity contribution in [1.82, 2.24) is 4.98 Å². The Morgan fingerprint density at radius 1 is 0.970 bits per heavy atom. The molecule has 0 aliphatic heterocycles. The van der Waals surface area contributed by atoms with Crippen LogP contribution in [0.15, 0.2) is 72.8 Å². The number of hydrogen-bond donors (Lipinski definition) is 1. The first-order valence-corrected chi connectivity index (χ1v) is 11.0. The van der Waals surface area contributed by atoms with Crippen LogP contribution in [0.25, 0.3) is 10.9 Å². The van der Waals surface area contributed by atoms with Gasteiger partial charge < -0.3 is 14.5 Å². The van der Waals surface area contributed by atoms with Gasteiger partial charge in [-0.05, 0) is 36.8 Å². The number of H-pyrrole nitrogens is 1. The first kappa shape index (κ1) is 22.7. The molecule has 1 N–H and O–H groups in total. The van der Waals surface area contributed by atoms with E-state index in [2.05, 4.69) is 4.98 Å². The molecule has 168 valence electrons. The van der Waals surface area contributed by atoms with E-state index < -0.39 is 6.16 Å². The van der Waals surface area contributed by atoms with E-state index in [4.69, 9.17) is 32.7 Å². The van der Waals surface area contributed by atoms with Gasteiger partial charge in [-0.1, -0.05) is 71.7 Å². The van der Waals surface area contributed by atoms with Crippen molar-refractivity contribution < 1.29 is 19.1 Å². The fourth-order valence-corrected chi connectivity index (χ4v) is 4.11. The molecule has 0 radical (unpaired) electrons. The number of amides is 1. The van der Waals surface area contributed by atoms with E-state index in [9.17, 15) is 9.59 Å². The Labute approximate surface area is 200 Å². The van der Waals surface area contributed by atoms with Gasteiger partial charge >= 0.3 is 6.16 Å². The molecular weight excluding hydrogens is 463 g/mol. The highest BCUT2D eigenvalue weighted by Gasteiger charge is 2.29. The molecule has 0 unspecified atom stereocenters. The maximum Gasteiger partial charge on any atom is 0.515 e. The molecule has 0 aliphatic carbocycles. The van der Waals surface area contributed by atoms with Crippen LogP contribution in [0.4, 0.5) is 10.5 Å². The maximum absolute atomic E-state index is 13.7. The van der Waals surface area contributed by atoms with Gasteiger partial charge in [0.15, 0.2) is 0 Å². The molecule has 33 heavy (non-hydrogen) atoms. The van der Waals surface area contributed by atoms with Crippen molar-refractivity contribution in [1.29, 1.82) is 0 Å². The van der Waals surface area contributed by atoms with E-state index >= 15 is 0 Å². The molecule has 0 saturated carbocycles. The smallest absolute Gasteiger partial charge is 0.434 e. The molecule has 3 aromatic carbocycles. The molecule has 1 heterocycles. The molecule has 0 spiro atoms. The Morgan fingerprint density at radius 3 is 2.30 bits per heavy atom. The minimum absolute atomic E-state index is 0.0350.